The number of hydrogen-bond donors (Lipinski definition) is 1. The van der Waals surface area contributed by atoms with Crippen molar-refractivity contribution in [1.82, 2.24) is 20.0 Å². The predicted octanol–water partition coefficient (Wildman–Crippen LogP) is 1.90. The highest BCUT2D eigenvalue weighted by Gasteiger charge is 2.42. The number of piperidine rings is 1. The zero-order chi connectivity index (χ0) is 15.6. The molecule has 1 aliphatic rings. The molecule has 1 amide bonds. The van der Waals surface area contributed by atoms with Crippen LogP contribution in [-0.4, -0.2) is 46.9 Å². The van der Waals surface area contributed by atoms with Crippen LogP contribution in [0.4, 0.5) is 13.2 Å². The number of nitrogens with zero attached hydrogens (tertiary/aromatic N) is 3. The molecule has 0 radical (unpaired) electrons. The van der Waals surface area contributed by atoms with Crippen molar-refractivity contribution in [3.8, 4) is 0 Å². The fourth-order valence-electron chi connectivity index (χ4n) is 2.63. The fraction of sp³-hybridized carbons (Fsp3) is 0.692. The minimum Gasteiger partial charge on any atom is -0.341 e. The van der Waals surface area contributed by atoms with Gasteiger partial charge in [0.1, 0.15) is 6.04 Å². The Hall–Kier alpha value is -1.28. The van der Waals surface area contributed by atoms with Crippen molar-refractivity contribution in [2.45, 2.75) is 25.1 Å². The number of hydrogen-bond acceptors (Lipinski definition) is 3. The van der Waals surface area contributed by atoms with Gasteiger partial charge in [-0.15, -0.1) is 12.4 Å². The minimum absolute atomic E-state index is 0. The van der Waals surface area contributed by atoms with Gasteiger partial charge in [-0.25, -0.2) is 0 Å². The summed E-state index contributed by atoms with van der Waals surface area (Å²) in [6, 6.07) is -0.568. The first kappa shape index (κ1) is 18.8. The van der Waals surface area contributed by atoms with Gasteiger partial charge in [0, 0.05) is 31.9 Å². The number of aromatic nitrogens is 2. The monoisotopic (exact) mass is 340 g/mol. The standard InChI is InChI=1S/C13H19F3N4O.ClH/c1-17-11(9-7-18-19(2)8-9)12(21)20-5-3-10(4-6-20)13(14,15)16;/h7-8,10-11,17H,3-6H2,1-2H3;1H. The van der Waals surface area contributed by atoms with E-state index in [1.165, 1.54) is 4.90 Å². The van der Waals surface area contributed by atoms with Crippen molar-refractivity contribution in [2.75, 3.05) is 20.1 Å². The lowest BCUT2D eigenvalue weighted by Crippen LogP contribution is -2.46. The number of amides is 1. The van der Waals surface area contributed by atoms with Gasteiger partial charge < -0.3 is 10.2 Å². The third-order valence-electron chi connectivity index (χ3n) is 3.86. The van der Waals surface area contributed by atoms with Gasteiger partial charge in [0.15, 0.2) is 0 Å². The van der Waals surface area contributed by atoms with E-state index >= 15 is 0 Å². The van der Waals surface area contributed by atoms with Gasteiger partial charge >= 0.3 is 6.18 Å². The first-order valence-electron chi connectivity index (χ1n) is 6.84. The topological polar surface area (TPSA) is 50.2 Å². The van der Waals surface area contributed by atoms with E-state index in [2.05, 4.69) is 10.4 Å². The number of carbonyl (C=O) groups is 1. The van der Waals surface area contributed by atoms with Crippen molar-refractivity contribution in [2.24, 2.45) is 13.0 Å². The summed E-state index contributed by atoms with van der Waals surface area (Å²) >= 11 is 0. The summed E-state index contributed by atoms with van der Waals surface area (Å²) in [5.41, 5.74) is 0.711. The maximum absolute atomic E-state index is 12.6. The number of aryl methyl sites for hydroxylation is 1. The summed E-state index contributed by atoms with van der Waals surface area (Å²) in [5, 5.41) is 6.92. The van der Waals surface area contributed by atoms with Crippen molar-refractivity contribution in [3.05, 3.63) is 18.0 Å². The number of nitrogens with one attached hydrogen (secondary N) is 1. The summed E-state index contributed by atoms with van der Waals surface area (Å²) in [7, 11) is 3.40. The molecule has 22 heavy (non-hydrogen) atoms. The summed E-state index contributed by atoms with van der Waals surface area (Å²) in [5.74, 6) is -1.50. The first-order valence-corrected chi connectivity index (χ1v) is 6.84. The normalized spacial score (nSPS) is 18.0. The molecule has 0 aromatic carbocycles. The molecule has 126 valence electrons. The van der Waals surface area contributed by atoms with Crippen LogP contribution in [0.2, 0.25) is 0 Å². The first-order chi connectivity index (χ1) is 9.82. The maximum atomic E-state index is 12.6. The van der Waals surface area contributed by atoms with E-state index in [-0.39, 0.29) is 44.2 Å². The molecule has 2 heterocycles. The quantitative estimate of drug-likeness (QED) is 0.914. The van der Waals surface area contributed by atoms with Gasteiger partial charge in [0.2, 0.25) is 5.91 Å². The Labute approximate surface area is 133 Å². The molecule has 1 unspecified atom stereocenters. The van der Waals surface area contributed by atoms with E-state index in [1.807, 2.05) is 0 Å². The van der Waals surface area contributed by atoms with E-state index < -0.39 is 18.1 Å². The lowest BCUT2D eigenvalue weighted by Gasteiger charge is -2.34. The molecule has 0 spiro atoms. The van der Waals surface area contributed by atoms with Gasteiger partial charge in [-0.3, -0.25) is 9.48 Å². The Morgan fingerprint density at radius 3 is 2.41 bits per heavy atom. The molecular formula is C13H20ClF3N4O. The number of rotatable bonds is 3. The number of halogens is 4. The van der Waals surface area contributed by atoms with E-state index in [0.29, 0.717) is 5.56 Å². The van der Waals surface area contributed by atoms with Gasteiger partial charge in [0.25, 0.3) is 0 Å². The third-order valence-corrected chi connectivity index (χ3v) is 3.86. The highest BCUT2D eigenvalue weighted by molar-refractivity contribution is 5.85. The Morgan fingerprint density at radius 1 is 1.41 bits per heavy atom. The molecule has 0 bridgehead atoms. The molecule has 1 aliphatic heterocycles. The van der Waals surface area contributed by atoms with Crippen LogP contribution >= 0.6 is 12.4 Å². The van der Waals surface area contributed by atoms with Crippen molar-refractivity contribution in [1.29, 1.82) is 0 Å². The Kier molecular flexibility index (Phi) is 6.25. The van der Waals surface area contributed by atoms with E-state index in [1.54, 1.807) is 31.2 Å². The van der Waals surface area contributed by atoms with E-state index in [4.69, 9.17) is 0 Å². The number of carbonyl (C=O) groups excluding carboxylic acids is 1. The highest BCUT2D eigenvalue weighted by Crippen LogP contribution is 2.34. The van der Waals surface area contributed by atoms with Crippen LogP contribution in [-0.2, 0) is 11.8 Å². The molecule has 5 nitrogen and oxygen atoms in total. The van der Waals surface area contributed by atoms with E-state index in [9.17, 15) is 18.0 Å². The predicted molar refractivity (Wildman–Crippen MR) is 77.6 cm³/mol. The molecule has 9 heteroatoms. The molecular weight excluding hydrogens is 321 g/mol. The third kappa shape index (κ3) is 4.13. The molecule has 2 rings (SSSR count). The second-order valence-corrected chi connectivity index (χ2v) is 5.31. The SMILES string of the molecule is CNC(C(=O)N1CCC(C(F)(F)F)CC1)c1cnn(C)c1.Cl. The van der Waals surface area contributed by atoms with Gasteiger partial charge in [-0.2, -0.15) is 18.3 Å². The van der Waals surface area contributed by atoms with Crippen LogP contribution in [0.5, 0.6) is 0 Å². The van der Waals surface area contributed by atoms with E-state index in [0.717, 1.165) is 0 Å². The number of likely N-dealkylation sites (N-methyl/N-ethyl adjacent to an activating group) is 1. The highest BCUT2D eigenvalue weighted by atomic mass is 35.5. The lowest BCUT2D eigenvalue weighted by atomic mass is 9.95. The molecule has 0 aliphatic carbocycles. The molecule has 1 atom stereocenters. The summed E-state index contributed by atoms with van der Waals surface area (Å²) in [6.45, 7) is 0.281. The average molecular weight is 341 g/mol. The maximum Gasteiger partial charge on any atom is 0.391 e. The smallest absolute Gasteiger partial charge is 0.341 e. The second kappa shape index (κ2) is 7.32. The average Bonchev–Trinajstić information content (AvgIpc) is 2.85. The molecule has 1 aromatic rings. The summed E-state index contributed by atoms with van der Waals surface area (Å²) < 4.78 is 39.5. The van der Waals surface area contributed by atoms with Crippen LogP contribution in [0.3, 0.4) is 0 Å². The summed E-state index contributed by atoms with van der Waals surface area (Å²) in [4.78, 5) is 13.9. The zero-order valence-electron chi connectivity index (χ0n) is 12.4. The van der Waals surface area contributed by atoms with Crippen molar-refractivity contribution < 1.29 is 18.0 Å². The van der Waals surface area contributed by atoms with Crippen LogP contribution in [0.25, 0.3) is 0 Å². The van der Waals surface area contributed by atoms with Crippen LogP contribution in [0, 0.1) is 5.92 Å². The summed E-state index contributed by atoms with van der Waals surface area (Å²) in [6.07, 6.45) is -0.915. The van der Waals surface area contributed by atoms with Crippen molar-refractivity contribution in [3.63, 3.8) is 0 Å². The second-order valence-electron chi connectivity index (χ2n) is 5.31. The molecule has 1 saturated heterocycles. The van der Waals surface area contributed by atoms with Crippen LogP contribution in [0.15, 0.2) is 12.4 Å². The fourth-order valence-corrected chi connectivity index (χ4v) is 2.63. The van der Waals surface area contributed by atoms with Gasteiger partial charge in [-0.05, 0) is 19.9 Å². The molecule has 1 N–H and O–H groups in total. The molecule has 1 aromatic heterocycles. The Morgan fingerprint density at radius 2 is 2.00 bits per heavy atom. The van der Waals surface area contributed by atoms with Gasteiger partial charge in [0.05, 0.1) is 12.1 Å². The molecule has 1 fully saturated rings. The Balaban J connectivity index is 0.00000242. The Bertz CT molecular complexity index is 498. The lowest BCUT2D eigenvalue weighted by molar-refractivity contribution is -0.186. The number of likely N-dealkylation sites (tertiary alicyclic amines) is 1. The number of alkyl halides is 3. The van der Waals surface area contributed by atoms with Gasteiger partial charge in [-0.1, -0.05) is 0 Å². The van der Waals surface area contributed by atoms with Crippen LogP contribution < -0.4 is 5.32 Å². The van der Waals surface area contributed by atoms with Crippen molar-refractivity contribution >= 4 is 18.3 Å². The largest absolute Gasteiger partial charge is 0.391 e. The minimum atomic E-state index is -4.17. The zero-order valence-corrected chi connectivity index (χ0v) is 13.2. The van der Waals surface area contributed by atoms with Crippen LogP contribution in [0.1, 0.15) is 24.4 Å². The molecule has 0 saturated carbocycles.